The minimum atomic E-state index is -0.975. The van der Waals surface area contributed by atoms with Crippen LogP contribution in [0.3, 0.4) is 0 Å². The predicted octanol–water partition coefficient (Wildman–Crippen LogP) is 7.05. The highest BCUT2D eigenvalue weighted by atomic mass is 32.1. The van der Waals surface area contributed by atoms with Gasteiger partial charge in [0, 0.05) is 5.56 Å². The molecular formula is C35H34N2O6S. The Balaban J connectivity index is 1.55. The van der Waals surface area contributed by atoms with Crippen LogP contribution in [0.5, 0.6) is 5.75 Å². The lowest BCUT2D eigenvalue weighted by Gasteiger charge is -2.24. The molecule has 0 bridgehead atoms. The zero-order valence-electron chi connectivity index (χ0n) is 25.5. The second-order valence-corrected chi connectivity index (χ2v) is 12.7. The van der Waals surface area contributed by atoms with Gasteiger partial charge >= 0.3 is 11.9 Å². The number of ether oxygens (including phenoxy) is 2. The molecule has 1 aliphatic heterocycles. The number of thiazole rings is 1. The number of nitrogens with zero attached hydrogens (tertiary/aromatic N) is 2. The third-order valence-corrected chi connectivity index (χ3v) is 8.65. The summed E-state index contributed by atoms with van der Waals surface area (Å²) < 4.78 is 10.8. The van der Waals surface area contributed by atoms with E-state index in [1.807, 2.05) is 55.5 Å². The van der Waals surface area contributed by atoms with Crippen molar-refractivity contribution in [1.82, 2.24) is 4.98 Å². The van der Waals surface area contributed by atoms with E-state index in [1.165, 1.54) is 12.0 Å². The van der Waals surface area contributed by atoms with Crippen LogP contribution < -0.4 is 9.64 Å². The van der Waals surface area contributed by atoms with Gasteiger partial charge in [-0.1, -0.05) is 86.2 Å². The summed E-state index contributed by atoms with van der Waals surface area (Å²) in [5.41, 5.74) is 4.39. The summed E-state index contributed by atoms with van der Waals surface area (Å²) in [4.78, 5) is 45.5. The summed E-state index contributed by atoms with van der Waals surface area (Å²) in [6, 6.07) is 21.4. The number of aliphatic hydroxyl groups excluding tert-OH is 1. The number of anilines is 1. The van der Waals surface area contributed by atoms with Gasteiger partial charge in [-0.3, -0.25) is 14.5 Å². The molecular weight excluding hydrogens is 576 g/mol. The quantitative estimate of drug-likeness (QED) is 0.103. The van der Waals surface area contributed by atoms with E-state index < -0.39 is 23.7 Å². The van der Waals surface area contributed by atoms with E-state index in [2.05, 4.69) is 25.8 Å². The van der Waals surface area contributed by atoms with Crippen LogP contribution >= 0.6 is 11.3 Å². The number of aliphatic hydroxyl groups is 1. The second-order valence-electron chi connectivity index (χ2n) is 11.7. The summed E-state index contributed by atoms with van der Waals surface area (Å²) in [7, 11) is 1.27. The molecule has 1 aliphatic rings. The highest BCUT2D eigenvalue weighted by molar-refractivity contribution is 7.17. The maximum Gasteiger partial charge on any atom is 0.350 e. The number of hydrogen-bond acceptors (Lipinski definition) is 8. The normalized spacial score (nSPS) is 16.3. The third kappa shape index (κ3) is 6.01. The number of esters is 1. The highest BCUT2D eigenvalue weighted by Crippen LogP contribution is 2.44. The number of aryl methyl sites for hydroxylation is 2. The van der Waals surface area contributed by atoms with E-state index in [0.717, 1.165) is 28.0 Å². The van der Waals surface area contributed by atoms with Crippen LogP contribution in [-0.2, 0) is 26.3 Å². The second kappa shape index (κ2) is 12.1. The van der Waals surface area contributed by atoms with Crippen molar-refractivity contribution in [3.63, 3.8) is 0 Å². The van der Waals surface area contributed by atoms with Crippen LogP contribution in [0, 0.1) is 13.8 Å². The van der Waals surface area contributed by atoms with E-state index in [0.29, 0.717) is 29.2 Å². The molecule has 44 heavy (non-hydrogen) atoms. The lowest BCUT2D eigenvalue weighted by molar-refractivity contribution is -0.132. The molecule has 8 nitrogen and oxygen atoms in total. The monoisotopic (exact) mass is 610 g/mol. The first-order valence-corrected chi connectivity index (χ1v) is 15.0. The smallest absolute Gasteiger partial charge is 0.350 e. The maximum atomic E-state index is 13.6. The number of ketones is 1. The lowest BCUT2D eigenvalue weighted by Crippen LogP contribution is -2.29. The molecule has 5 rings (SSSR count). The van der Waals surface area contributed by atoms with Crippen molar-refractivity contribution in [3.05, 3.63) is 117 Å². The summed E-state index contributed by atoms with van der Waals surface area (Å²) in [6.07, 6.45) is 0. The van der Waals surface area contributed by atoms with E-state index in [9.17, 15) is 19.5 Å². The minimum absolute atomic E-state index is 0.0700. The van der Waals surface area contributed by atoms with Crippen molar-refractivity contribution in [3.8, 4) is 5.75 Å². The number of rotatable bonds is 7. The van der Waals surface area contributed by atoms with E-state index in [-0.39, 0.29) is 26.8 Å². The molecule has 3 aromatic carbocycles. The van der Waals surface area contributed by atoms with Crippen molar-refractivity contribution in [2.75, 3.05) is 12.0 Å². The van der Waals surface area contributed by atoms with Gasteiger partial charge in [-0.2, -0.15) is 0 Å². The van der Waals surface area contributed by atoms with Gasteiger partial charge in [0.05, 0.1) is 24.4 Å². The largest absolute Gasteiger partial charge is 0.507 e. The molecule has 1 amide bonds. The molecule has 1 unspecified atom stereocenters. The third-order valence-electron chi connectivity index (χ3n) is 7.51. The van der Waals surface area contributed by atoms with Crippen molar-refractivity contribution in [2.24, 2.45) is 0 Å². The molecule has 0 radical (unpaired) electrons. The molecule has 0 saturated carbocycles. The summed E-state index contributed by atoms with van der Waals surface area (Å²) in [5, 5.41) is 11.7. The molecule has 4 aromatic rings. The van der Waals surface area contributed by atoms with Gasteiger partial charge in [0.15, 0.2) is 5.13 Å². The average Bonchev–Trinajstić information content (AvgIpc) is 3.51. The average molecular weight is 611 g/mol. The Morgan fingerprint density at radius 3 is 2.30 bits per heavy atom. The first-order chi connectivity index (χ1) is 20.9. The van der Waals surface area contributed by atoms with E-state index in [1.54, 1.807) is 31.2 Å². The van der Waals surface area contributed by atoms with Crippen LogP contribution in [-0.4, -0.2) is 34.9 Å². The number of Topliss-reactive ketones (excluding diaryl/α,β-unsaturated/α-hetero) is 1. The SMILES string of the molecule is COC(=O)c1sc(N2C(=O)C(=O)/C(=C(/O)c3ccc(OCc4cccc(C)c4)cc3)C2c2ccc(C(C)(C)C)cc2)nc1C. The molecule has 1 saturated heterocycles. The van der Waals surface area contributed by atoms with Gasteiger partial charge < -0.3 is 14.6 Å². The number of hydrogen-bond donors (Lipinski definition) is 1. The fourth-order valence-corrected chi connectivity index (χ4v) is 6.12. The number of aromatic nitrogens is 1. The highest BCUT2D eigenvalue weighted by Gasteiger charge is 2.48. The lowest BCUT2D eigenvalue weighted by atomic mass is 9.85. The standard InChI is InChI=1S/C35H34N2O6S/c1-20-8-7-9-22(18-20)19-43-26-16-12-24(13-17-26)29(38)27-28(23-10-14-25(15-11-23)35(3,4)5)37(32(40)30(27)39)34-36-21(2)31(44-34)33(41)42-6/h7-18,28,38H,19H2,1-6H3/b29-27+. The molecule has 1 N–H and O–H groups in total. The molecule has 226 valence electrons. The molecule has 0 aliphatic carbocycles. The Morgan fingerprint density at radius 2 is 1.68 bits per heavy atom. The zero-order chi connectivity index (χ0) is 31.8. The van der Waals surface area contributed by atoms with Crippen molar-refractivity contribution >= 4 is 39.9 Å². The molecule has 2 heterocycles. The fourth-order valence-electron chi connectivity index (χ4n) is 5.11. The summed E-state index contributed by atoms with van der Waals surface area (Å²) in [5.74, 6) is -2.01. The molecule has 0 spiro atoms. The summed E-state index contributed by atoms with van der Waals surface area (Å²) >= 11 is 0.963. The van der Waals surface area contributed by atoms with Gasteiger partial charge in [-0.15, -0.1) is 0 Å². The molecule has 1 aromatic heterocycles. The minimum Gasteiger partial charge on any atom is -0.507 e. The molecule has 1 fully saturated rings. The first kappa shape index (κ1) is 30.7. The van der Waals surface area contributed by atoms with Gasteiger partial charge in [-0.25, -0.2) is 9.78 Å². The van der Waals surface area contributed by atoms with Crippen LogP contribution in [0.25, 0.3) is 5.76 Å². The zero-order valence-corrected chi connectivity index (χ0v) is 26.3. The number of methoxy groups -OCH3 is 1. The maximum absolute atomic E-state index is 13.6. The number of carbonyl (C=O) groups is 3. The van der Waals surface area contributed by atoms with Crippen LogP contribution in [0.2, 0.25) is 0 Å². The van der Waals surface area contributed by atoms with E-state index >= 15 is 0 Å². The number of amides is 1. The van der Waals surface area contributed by atoms with E-state index in [4.69, 9.17) is 9.47 Å². The van der Waals surface area contributed by atoms with Crippen molar-refractivity contribution in [2.45, 2.75) is 52.7 Å². The summed E-state index contributed by atoms with van der Waals surface area (Å²) in [6.45, 7) is 10.3. The Bertz CT molecular complexity index is 1760. The Kier molecular flexibility index (Phi) is 8.43. The van der Waals surface area contributed by atoms with Crippen molar-refractivity contribution < 1.29 is 29.0 Å². The molecule has 1 atom stereocenters. The van der Waals surface area contributed by atoms with Crippen LogP contribution in [0.1, 0.15) is 70.0 Å². The number of carbonyl (C=O) groups excluding carboxylic acids is 3. The molecule has 9 heteroatoms. The van der Waals surface area contributed by atoms with Gasteiger partial charge in [-0.05, 0) is 60.2 Å². The van der Waals surface area contributed by atoms with Gasteiger partial charge in [0.1, 0.15) is 23.0 Å². The van der Waals surface area contributed by atoms with Crippen LogP contribution in [0.4, 0.5) is 5.13 Å². The van der Waals surface area contributed by atoms with Gasteiger partial charge in [0.25, 0.3) is 5.78 Å². The Labute approximate surface area is 260 Å². The van der Waals surface area contributed by atoms with Gasteiger partial charge in [0.2, 0.25) is 0 Å². The van der Waals surface area contributed by atoms with Crippen LogP contribution in [0.15, 0.2) is 78.4 Å². The Morgan fingerprint density at radius 1 is 1.00 bits per heavy atom. The van der Waals surface area contributed by atoms with Crippen molar-refractivity contribution in [1.29, 1.82) is 0 Å². The predicted molar refractivity (Wildman–Crippen MR) is 170 cm³/mol. The Hall–Kier alpha value is -4.76. The fraction of sp³-hybridized carbons (Fsp3) is 0.257. The number of benzene rings is 3. The first-order valence-electron chi connectivity index (χ1n) is 14.1. The topological polar surface area (TPSA) is 106 Å².